The highest BCUT2D eigenvalue weighted by Gasteiger charge is 2.56. The second-order valence-corrected chi connectivity index (χ2v) is 8.90. The summed E-state index contributed by atoms with van der Waals surface area (Å²) in [5.41, 5.74) is 4.62. The lowest BCUT2D eigenvalue weighted by atomic mass is 9.51. The van der Waals surface area contributed by atoms with E-state index in [9.17, 15) is 10.1 Å². The first-order chi connectivity index (χ1) is 15.0. The van der Waals surface area contributed by atoms with Gasteiger partial charge in [-0.2, -0.15) is 5.26 Å². The minimum Gasteiger partial charge on any atom is -0.332 e. The van der Waals surface area contributed by atoms with Crippen LogP contribution in [0.25, 0.3) is 11.4 Å². The maximum atomic E-state index is 13.0. The molecule has 0 aliphatic heterocycles. The predicted molar refractivity (Wildman–Crippen MR) is 116 cm³/mol. The Morgan fingerprint density at radius 1 is 1.23 bits per heavy atom. The molecule has 0 bridgehead atoms. The third-order valence-electron chi connectivity index (χ3n) is 7.31. The van der Waals surface area contributed by atoms with E-state index in [1.54, 1.807) is 6.33 Å². The van der Waals surface area contributed by atoms with Crippen LogP contribution in [-0.4, -0.2) is 25.3 Å². The average Bonchev–Trinajstić information content (AvgIpc) is 3.21. The van der Waals surface area contributed by atoms with E-state index in [-0.39, 0.29) is 17.6 Å². The van der Waals surface area contributed by atoms with Gasteiger partial charge in [0, 0.05) is 23.9 Å². The Hall–Kier alpha value is -3.33. The Balaban J connectivity index is 1.84. The summed E-state index contributed by atoms with van der Waals surface area (Å²) in [6.45, 7) is 3.91. The number of hydrogen-bond acceptors (Lipinski definition) is 5. The van der Waals surface area contributed by atoms with Gasteiger partial charge in [-0.25, -0.2) is 15.0 Å². The number of rotatable bonds is 2. The SMILES string of the molecule is Cc1nc(-c2cncn2C)c2c(n1)[C@]1(c3ccccc3)CC(C#N)C(=O)[C@@H](C)[C@@H]1CC2. The van der Waals surface area contributed by atoms with E-state index in [2.05, 4.69) is 23.2 Å². The van der Waals surface area contributed by atoms with Crippen molar-refractivity contribution < 1.29 is 4.79 Å². The first kappa shape index (κ1) is 19.6. The number of nitrogens with zero attached hydrogens (tertiary/aromatic N) is 5. The number of fused-ring (bicyclic) bond motifs is 3. The van der Waals surface area contributed by atoms with Crippen molar-refractivity contribution in [3.63, 3.8) is 0 Å². The Morgan fingerprint density at radius 3 is 2.68 bits per heavy atom. The van der Waals surface area contributed by atoms with E-state index in [4.69, 9.17) is 9.97 Å². The average molecular weight is 412 g/mol. The summed E-state index contributed by atoms with van der Waals surface area (Å²) in [6, 6.07) is 12.6. The maximum Gasteiger partial charge on any atom is 0.153 e. The second-order valence-electron chi connectivity index (χ2n) is 8.90. The van der Waals surface area contributed by atoms with Gasteiger partial charge in [0.25, 0.3) is 0 Å². The molecule has 1 unspecified atom stereocenters. The van der Waals surface area contributed by atoms with Crippen LogP contribution in [0.2, 0.25) is 0 Å². The molecule has 2 aliphatic rings. The van der Waals surface area contributed by atoms with Gasteiger partial charge in [0.15, 0.2) is 5.78 Å². The first-order valence-electron chi connectivity index (χ1n) is 10.8. The Kier molecular flexibility index (Phi) is 4.51. The highest BCUT2D eigenvalue weighted by Crippen LogP contribution is 2.56. The number of hydrogen-bond donors (Lipinski definition) is 0. The van der Waals surface area contributed by atoms with Crippen molar-refractivity contribution in [2.75, 3.05) is 0 Å². The minimum absolute atomic E-state index is 0.0696. The number of carbonyl (C=O) groups excluding carboxylic acids is 1. The molecule has 1 saturated carbocycles. The number of nitriles is 1. The normalized spacial score (nSPS) is 27.3. The van der Waals surface area contributed by atoms with E-state index in [0.29, 0.717) is 12.2 Å². The summed E-state index contributed by atoms with van der Waals surface area (Å²) in [5.74, 6) is 0.0484. The fourth-order valence-electron chi connectivity index (χ4n) is 5.90. The molecule has 31 heavy (non-hydrogen) atoms. The number of aryl methyl sites for hydroxylation is 2. The standard InChI is InChI=1S/C25H25N5O/c1-15-20-10-9-19-22(21-13-27-14-30(21)3)28-16(2)29-24(19)25(20,11-17(12-26)23(15)31)18-7-5-4-6-8-18/h4-8,13-15,17,20H,9-11H2,1-3H3/t15-,17?,20-,25-/m0/s1. The Bertz CT molecular complexity index is 1210. The monoisotopic (exact) mass is 411 g/mol. The third-order valence-corrected chi connectivity index (χ3v) is 7.31. The molecule has 2 aliphatic carbocycles. The summed E-state index contributed by atoms with van der Waals surface area (Å²) in [6.07, 6.45) is 5.77. The van der Waals surface area contributed by atoms with Crippen molar-refractivity contribution in [2.45, 2.75) is 38.5 Å². The van der Waals surface area contributed by atoms with Gasteiger partial charge in [-0.15, -0.1) is 0 Å². The van der Waals surface area contributed by atoms with Crippen LogP contribution in [-0.2, 0) is 23.7 Å². The first-order valence-corrected chi connectivity index (χ1v) is 10.8. The molecule has 2 heterocycles. The molecular weight excluding hydrogens is 386 g/mol. The maximum absolute atomic E-state index is 13.0. The van der Waals surface area contributed by atoms with Crippen molar-refractivity contribution in [3.05, 3.63) is 65.5 Å². The van der Waals surface area contributed by atoms with Gasteiger partial charge >= 0.3 is 0 Å². The highest BCUT2D eigenvalue weighted by atomic mass is 16.1. The fourth-order valence-corrected chi connectivity index (χ4v) is 5.90. The lowest BCUT2D eigenvalue weighted by Crippen LogP contribution is -2.53. The van der Waals surface area contributed by atoms with Gasteiger partial charge in [-0.1, -0.05) is 37.3 Å². The van der Waals surface area contributed by atoms with Crippen LogP contribution in [0.3, 0.4) is 0 Å². The molecule has 2 aromatic heterocycles. The van der Waals surface area contributed by atoms with E-state index >= 15 is 0 Å². The molecule has 1 fully saturated rings. The molecule has 1 aromatic carbocycles. The van der Waals surface area contributed by atoms with Crippen LogP contribution in [0.4, 0.5) is 0 Å². The van der Waals surface area contributed by atoms with Gasteiger partial charge in [0.05, 0.1) is 35.7 Å². The topological polar surface area (TPSA) is 84.5 Å². The minimum atomic E-state index is -0.632. The summed E-state index contributed by atoms with van der Waals surface area (Å²) >= 11 is 0. The number of aromatic nitrogens is 4. The van der Waals surface area contributed by atoms with Crippen LogP contribution >= 0.6 is 0 Å². The van der Waals surface area contributed by atoms with Gasteiger partial charge in [-0.3, -0.25) is 4.79 Å². The molecular formula is C25H25N5O. The molecule has 6 heteroatoms. The van der Waals surface area contributed by atoms with Crippen LogP contribution in [0, 0.1) is 36.0 Å². The Labute approximate surface area is 182 Å². The molecule has 4 atom stereocenters. The summed E-state index contributed by atoms with van der Waals surface area (Å²) < 4.78 is 1.98. The lowest BCUT2D eigenvalue weighted by molar-refractivity contribution is -0.131. The van der Waals surface area contributed by atoms with Crippen LogP contribution in [0.1, 0.15) is 42.4 Å². The molecule has 0 spiro atoms. The van der Waals surface area contributed by atoms with Gasteiger partial charge in [-0.05, 0) is 37.7 Å². The number of Topliss-reactive ketones (excluding diaryl/α,β-unsaturated/α-hetero) is 1. The molecule has 156 valence electrons. The zero-order valence-electron chi connectivity index (χ0n) is 18.0. The molecule has 5 rings (SSSR count). The second kappa shape index (κ2) is 7.12. The molecule has 6 nitrogen and oxygen atoms in total. The zero-order valence-corrected chi connectivity index (χ0v) is 18.0. The van der Waals surface area contributed by atoms with Crippen LogP contribution in [0.15, 0.2) is 42.9 Å². The van der Waals surface area contributed by atoms with Crippen molar-refractivity contribution in [3.8, 4) is 17.5 Å². The van der Waals surface area contributed by atoms with Crippen LogP contribution in [0.5, 0.6) is 0 Å². The quantitative estimate of drug-likeness (QED) is 0.641. The largest absolute Gasteiger partial charge is 0.332 e. The van der Waals surface area contributed by atoms with Crippen molar-refractivity contribution in [1.29, 1.82) is 5.26 Å². The molecule has 0 saturated heterocycles. The molecule has 3 aromatic rings. The lowest BCUT2D eigenvalue weighted by Gasteiger charge is -2.51. The highest BCUT2D eigenvalue weighted by molar-refractivity contribution is 5.87. The smallest absolute Gasteiger partial charge is 0.153 e. The summed E-state index contributed by atoms with van der Waals surface area (Å²) in [5, 5.41) is 9.86. The number of imidazole rings is 1. The van der Waals surface area contributed by atoms with Gasteiger partial charge in [0.2, 0.25) is 0 Å². The van der Waals surface area contributed by atoms with Gasteiger partial charge in [0.1, 0.15) is 11.7 Å². The van der Waals surface area contributed by atoms with E-state index in [1.165, 1.54) is 0 Å². The Morgan fingerprint density at radius 2 is 2.00 bits per heavy atom. The molecule has 0 amide bonds. The number of ketones is 1. The number of carbonyl (C=O) groups is 1. The van der Waals surface area contributed by atoms with Gasteiger partial charge < -0.3 is 4.57 Å². The number of benzene rings is 1. The van der Waals surface area contributed by atoms with E-state index in [0.717, 1.165) is 41.1 Å². The third kappa shape index (κ3) is 2.76. The van der Waals surface area contributed by atoms with Crippen molar-refractivity contribution in [2.24, 2.45) is 24.8 Å². The van der Waals surface area contributed by atoms with Crippen LogP contribution < -0.4 is 0 Å². The van der Waals surface area contributed by atoms with E-state index < -0.39 is 11.3 Å². The van der Waals surface area contributed by atoms with E-state index in [1.807, 2.05) is 49.9 Å². The fraction of sp³-hybridized carbons (Fsp3) is 0.400. The summed E-state index contributed by atoms with van der Waals surface area (Å²) in [7, 11) is 1.97. The molecule has 0 N–H and O–H groups in total. The zero-order chi connectivity index (χ0) is 21.8. The predicted octanol–water partition coefficient (Wildman–Crippen LogP) is 3.78. The van der Waals surface area contributed by atoms with Crippen molar-refractivity contribution >= 4 is 5.78 Å². The molecule has 0 radical (unpaired) electrons. The summed E-state index contributed by atoms with van der Waals surface area (Å²) in [4.78, 5) is 27.1. The van der Waals surface area contributed by atoms with Crippen molar-refractivity contribution in [1.82, 2.24) is 19.5 Å².